The molecule has 4 nitrogen and oxygen atoms in total. The molecule has 90 valence electrons. The van der Waals surface area contributed by atoms with Gasteiger partial charge >= 0.3 is 0 Å². The van der Waals surface area contributed by atoms with Crippen molar-refractivity contribution in [3.8, 4) is 0 Å². The number of aliphatic hydroxyl groups excluding tert-OH is 1. The average molecular weight is 216 g/mol. The second-order valence-corrected chi connectivity index (χ2v) is 4.20. The predicted molar refractivity (Wildman–Crippen MR) is 60.7 cm³/mol. The van der Waals surface area contributed by atoms with Crippen LogP contribution in [0.25, 0.3) is 0 Å². The zero-order valence-electron chi connectivity index (χ0n) is 9.53. The molecule has 1 saturated heterocycles. The molecule has 3 N–H and O–H groups in total. The first-order chi connectivity index (χ1) is 7.36. The van der Waals surface area contributed by atoms with Crippen LogP contribution < -0.4 is 5.73 Å². The quantitative estimate of drug-likeness (QED) is 0.591. The van der Waals surface area contributed by atoms with Crippen LogP contribution in [0, 0.1) is 5.92 Å². The van der Waals surface area contributed by atoms with E-state index in [1.807, 2.05) is 0 Å². The number of rotatable bonds is 7. The monoisotopic (exact) mass is 216 g/mol. The van der Waals surface area contributed by atoms with Crippen LogP contribution in [0.1, 0.15) is 19.3 Å². The Balaban J connectivity index is 1.99. The molecular formula is C11H24N2O2. The van der Waals surface area contributed by atoms with E-state index in [2.05, 4.69) is 4.90 Å². The first-order valence-corrected chi connectivity index (χ1v) is 5.98. The number of hydrogen-bond donors (Lipinski definition) is 2. The Morgan fingerprint density at radius 1 is 1.27 bits per heavy atom. The molecule has 0 saturated carbocycles. The van der Waals surface area contributed by atoms with Crippen molar-refractivity contribution < 1.29 is 9.84 Å². The fourth-order valence-corrected chi connectivity index (χ4v) is 2.09. The van der Waals surface area contributed by atoms with Gasteiger partial charge in [-0.1, -0.05) is 0 Å². The summed E-state index contributed by atoms with van der Waals surface area (Å²) in [6, 6.07) is 0. The number of hydrogen-bond acceptors (Lipinski definition) is 4. The highest BCUT2D eigenvalue weighted by molar-refractivity contribution is 4.72. The lowest BCUT2D eigenvalue weighted by atomic mass is 9.94. The van der Waals surface area contributed by atoms with Crippen LogP contribution in [-0.2, 0) is 4.74 Å². The highest BCUT2D eigenvalue weighted by Gasteiger charge is 2.17. The Hall–Kier alpha value is -0.160. The molecule has 0 amide bonds. The largest absolute Gasteiger partial charge is 0.394 e. The van der Waals surface area contributed by atoms with Crippen molar-refractivity contribution in [1.82, 2.24) is 4.90 Å². The lowest BCUT2D eigenvalue weighted by molar-refractivity contribution is 0.0645. The third-order valence-corrected chi connectivity index (χ3v) is 3.07. The number of aliphatic hydroxyl groups is 1. The Labute approximate surface area is 92.4 Å². The summed E-state index contributed by atoms with van der Waals surface area (Å²) >= 11 is 0. The molecule has 0 bridgehead atoms. The highest BCUT2D eigenvalue weighted by atomic mass is 16.5. The van der Waals surface area contributed by atoms with Crippen molar-refractivity contribution in [2.45, 2.75) is 19.3 Å². The normalized spacial score (nSPS) is 19.6. The third kappa shape index (κ3) is 5.47. The molecule has 0 unspecified atom stereocenters. The Bertz CT molecular complexity index is 145. The van der Waals surface area contributed by atoms with E-state index in [9.17, 15) is 0 Å². The maximum atomic E-state index is 8.55. The Morgan fingerprint density at radius 2 is 2.00 bits per heavy atom. The maximum Gasteiger partial charge on any atom is 0.0698 e. The van der Waals surface area contributed by atoms with Gasteiger partial charge in [0.15, 0.2) is 0 Å². The summed E-state index contributed by atoms with van der Waals surface area (Å²) < 4.78 is 5.25. The topological polar surface area (TPSA) is 58.7 Å². The SMILES string of the molecule is NCCC1CCN(CCOCCO)CC1. The lowest BCUT2D eigenvalue weighted by Crippen LogP contribution is -2.36. The van der Waals surface area contributed by atoms with Crippen molar-refractivity contribution in [3.05, 3.63) is 0 Å². The smallest absolute Gasteiger partial charge is 0.0698 e. The number of ether oxygens (including phenoxy) is 1. The molecule has 0 aliphatic carbocycles. The van der Waals surface area contributed by atoms with Crippen LogP contribution >= 0.6 is 0 Å². The van der Waals surface area contributed by atoms with E-state index < -0.39 is 0 Å². The molecule has 0 aromatic carbocycles. The van der Waals surface area contributed by atoms with Gasteiger partial charge in [0, 0.05) is 6.54 Å². The first kappa shape index (κ1) is 12.9. The van der Waals surface area contributed by atoms with E-state index in [0.717, 1.165) is 25.6 Å². The van der Waals surface area contributed by atoms with E-state index in [0.29, 0.717) is 6.61 Å². The molecule has 1 aliphatic rings. The average Bonchev–Trinajstić information content (AvgIpc) is 2.27. The van der Waals surface area contributed by atoms with Crippen LogP contribution in [0.3, 0.4) is 0 Å². The fraction of sp³-hybridized carbons (Fsp3) is 1.00. The summed E-state index contributed by atoms with van der Waals surface area (Å²) in [6.07, 6.45) is 3.73. The number of piperidine rings is 1. The molecule has 1 heterocycles. The van der Waals surface area contributed by atoms with E-state index >= 15 is 0 Å². The molecule has 0 atom stereocenters. The summed E-state index contributed by atoms with van der Waals surface area (Å²) in [5.41, 5.74) is 5.55. The van der Waals surface area contributed by atoms with Gasteiger partial charge in [-0.3, -0.25) is 0 Å². The van der Waals surface area contributed by atoms with Gasteiger partial charge in [-0.15, -0.1) is 0 Å². The number of nitrogens with two attached hydrogens (primary N) is 1. The molecule has 15 heavy (non-hydrogen) atoms. The second kappa shape index (κ2) is 8.05. The molecule has 1 rings (SSSR count). The summed E-state index contributed by atoms with van der Waals surface area (Å²) in [7, 11) is 0. The van der Waals surface area contributed by atoms with Crippen molar-refractivity contribution in [2.75, 3.05) is 46.0 Å². The molecule has 1 aliphatic heterocycles. The van der Waals surface area contributed by atoms with Gasteiger partial charge in [0.25, 0.3) is 0 Å². The van der Waals surface area contributed by atoms with Gasteiger partial charge in [-0.05, 0) is 44.8 Å². The standard InChI is InChI=1S/C11H24N2O2/c12-4-1-11-2-5-13(6-3-11)7-9-15-10-8-14/h11,14H,1-10,12H2. The lowest BCUT2D eigenvalue weighted by Gasteiger charge is -2.31. The molecule has 0 aromatic heterocycles. The van der Waals surface area contributed by atoms with Crippen LogP contribution in [0.5, 0.6) is 0 Å². The summed E-state index contributed by atoms with van der Waals surface area (Å²) in [6.45, 7) is 5.49. The molecule has 1 fully saturated rings. The van der Waals surface area contributed by atoms with E-state index in [1.54, 1.807) is 0 Å². The summed E-state index contributed by atoms with van der Waals surface area (Å²) in [4.78, 5) is 2.43. The first-order valence-electron chi connectivity index (χ1n) is 5.98. The van der Waals surface area contributed by atoms with Gasteiger partial charge in [0.05, 0.1) is 19.8 Å². The zero-order chi connectivity index (χ0) is 10.9. The van der Waals surface area contributed by atoms with Crippen molar-refractivity contribution in [2.24, 2.45) is 11.7 Å². The van der Waals surface area contributed by atoms with Crippen LogP contribution in [0.2, 0.25) is 0 Å². The molecule has 4 heteroatoms. The molecular weight excluding hydrogens is 192 g/mol. The Kier molecular flexibility index (Phi) is 6.92. The van der Waals surface area contributed by atoms with Gasteiger partial charge in [-0.2, -0.15) is 0 Å². The van der Waals surface area contributed by atoms with Crippen molar-refractivity contribution in [3.63, 3.8) is 0 Å². The van der Waals surface area contributed by atoms with Gasteiger partial charge in [0.2, 0.25) is 0 Å². The van der Waals surface area contributed by atoms with Gasteiger partial charge in [0.1, 0.15) is 0 Å². The van der Waals surface area contributed by atoms with Gasteiger partial charge < -0.3 is 20.5 Å². The van der Waals surface area contributed by atoms with Crippen LogP contribution in [0.15, 0.2) is 0 Å². The number of nitrogens with zero attached hydrogens (tertiary/aromatic N) is 1. The maximum absolute atomic E-state index is 8.55. The highest BCUT2D eigenvalue weighted by Crippen LogP contribution is 2.19. The number of likely N-dealkylation sites (tertiary alicyclic amines) is 1. The minimum Gasteiger partial charge on any atom is -0.394 e. The summed E-state index contributed by atoms with van der Waals surface area (Å²) in [5, 5.41) is 8.55. The molecule has 0 radical (unpaired) electrons. The second-order valence-electron chi connectivity index (χ2n) is 4.20. The molecule has 0 aromatic rings. The van der Waals surface area contributed by atoms with Crippen molar-refractivity contribution in [1.29, 1.82) is 0 Å². The summed E-state index contributed by atoms with van der Waals surface area (Å²) in [5.74, 6) is 0.838. The molecule has 0 spiro atoms. The van der Waals surface area contributed by atoms with Gasteiger partial charge in [-0.25, -0.2) is 0 Å². The van der Waals surface area contributed by atoms with Crippen LogP contribution in [0.4, 0.5) is 0 Å². The van der Waals surface area contributed by atoms with E-state index in [1.165, 1.54) is 32.4 Å². The van der Waals surface area contributed by atoms with Crippen LogP contribution in [-0.4, -0.2) is 56.0 Å². The minimum atomic E-state index is 0.124. The van der Waals surface area contributed by atoms with Crippen molar-refractivity contribution >= 4 is 0 Å². The fourth-order valence-electron chi connectivity index (χ4n) is 2.09. The third-order valence-electron chi connectivity index (χ3n) is 3.07. The Morgan fingerprint density at radius 3 is 2.60 bits per heavy atom. The van der Waals surface area contributed by atoms with E-state index in [-0.39, 0.29) is 6.61 Å². The predicted octanol–water partition coefficient (Wildman–Crippen LogP) is 0.0561. The minimum absolute atomic E-state index is 0.124. The zero-order valence-corrected chi connectivity index (χ0v) is 9.53. The van der Waals surface area contributed by atoms with E-state index in [4.69, 9.17) is 15.6 Å².